The molecular formula is C18H16ClN3OS2. The normalized spacial score (nSPS) is 14.3. The number of nitrogens with zero attached hydrogens (tertiary/aromatic N) is 3. The third-order valence-electron chi connectivity index (χ3n) is 4.34. The molecule has 0 radical (unpaired) electrons. The highest BCUT2D eigenvalue weighted by Gasteiger charge is 2.21. The van der Waals surface area contributed by atoms with Crippen LogP contribution in [0.5, 0.6) is 0 Å². The summed E-state index contributed by atoms with van der Waals surface area (Å²) in [6, 6.07) is 7.43. The molecule has 0 saturated heterocycles. The molecule has 0 saturated carbocycles. The van der Waals surface area contributed by atoms with Gasteiger partial charge in [-0.25, -0.2) is 4.98 Å². The van der Waals surface area contributed by atoms with Crippen LogP contribution in [0.15, 0.2) is 39.3 Å². The fraction of sp³-hybridized carbons (Fsp3) is 0.278. The Balaban J connectivity index is 1.89. The predicted molar refractivity (Wildman–Crippen MR) is 107 cm³/mol. The van der Waals surface area contributed by atoms with Crippen molar-refractivity contribution in [2.24, 2.45) is 5.10 Å². The van der Waals surface area contributed by atoms with Crippen molar-refractivity contribution < 1.29 is 0 Å². The maximum Gasteiger partial charge on any atom is 0.283 e. The van der Waals surface area contributed by atoms with Crippen molar-refractivity contribution in [1.29, 1.82) is 0 Å². The van der Waals surface area contributed by atoms with Gasteiger partial charge in [-0.15, -0.1) is 11.3 Å². The topological polar surface area (TPSA) is 47.2 Å². The standard InChI is InChI=1S/C18H16ClN3OS2/c1-24-18-21-16-15(12-7-3-5-9-14(12)25-16)17(23)22(18)20-10-11-6-2-4-8-13(11)19/h2,4,6,8,10H,3,5,7,9H2,1H3/b20-10+. The van der Waals surface area contributed by atoms with Gasteiger partial charge in [0.15, 0.2) is 5.16 Å². The van der Waals surface area contributed by atoms with Gasteiger partial charge in [-0.05, 0) is 43.6 Å². The van der Waals surface area contributed by atoms with E-state index in [4.69, 9.17) is 16.6 Å². The van der Waals surface area contributed by atoms with Crippen LogP contribution in [0.3, 0.4) is 0 Å². The molecule has 2 aromatic heterocycles. The van der Waals surface area contributed by atoms with Crippen molar-refractivity contribution >= 4 is 51.1 Å². The van der Waals surface area contributed by atoms with Gasteiger partial charge in [-0.1, -0.05) is 41.6 Å². The molecule has 128 valence electrons. The molecule has 3 aromatic rings. The van der Waals surface area contributed by atoms with Crippen LogP contribution in [-0.4, -0.2) is 22.1 Å². The van der Waals surface area contributed by atoms with Crippen molar-refractivity contribution in [2.45, 2.75) is 30.8 Å². The third-order valence-corrected chi connectivity index (χ3v) is 6.50. The fourth-order valence-corrected chi connectivity index (χ4v) is 5.09. The zero-order valence-corrected chi connectivity index (χ0v) is 16.0. The summed E-state index contributed by atoms with van der Waals surface area (Å²) in [4.78, 5) is 20.0. The van der Waals surface area contributed by atoms with Crippen LogP contribution < -0.4 is 5.56 Å². The first-order chi connectivity index (χ1) is 12.2. The van der Waals surface area contributed by atoms with Gasteiger partial charge in [-0.2, -0.15) is 9.78 Å². The first kappa shape index (κ1) is 16.8. The van der Waals surface area contributed by atoms with Crippen LogP contribution in [0, 0.1) is 0 Å². The molecule has 0 amide bonds. The largest absolute Gasteiger partial charge is 0.283 e. The first-order valence-corrected chi connectivity index (χ1v) is 10.5. The molecule has 25 heavy (non-hydrogen) atoms. The lowest BCUT2D eigenvalue weighted by Gasteiger charge is -2.10. The number of aryl methyl sites for hydroxylation is 2. The molecule has 0 spiro atoms. The molecule has 4 rings (SSSR count). The molecule has 2 heterocycles. The summed E-state index contributed by atoms with van der Waals surface area (Å²) in [5, 5.41) is 6.35. The zero-order valence-electron chi connectivity index (χ0n) is 13.7. The number of rotatable bonds is 3. The lowest BCUT2D eigenvalue weighted by molar-refractivity contribution is 0.691. The van der Waals surface area contributed by atoms with E-state index in [1.165, 1.54) is 33.3 Å². The Labute approximate surface area is 158 Å². The Morgan fingerprint density at radius 3 is 2.92 bits per heavy atom. The Hall–Kier alpha value is -1.63. The minimum atomic E-state index is -0.0861. The number of hydrogen-bond acceptors (Lipinski definition) is 5. The number of aromatic nitrogens is 2. The molecule has 0 aliphatic heterocycles. The van der Waals surface area contributed by atoms with E-state index in [2.05, 4.69) is 5.10 Å². The molecule has 7 heteroatoms. The van der Waals surface area contributed by atoms with E-state index in [1.54, 1.807) is 23.6 Å². The molecule has 4 nitrogen and oxygen atoms in total. The third kappa shape index (κ3) is 3.03. The highest BCUT2D eigenvalue weighted by atomic mass is 35.5. The Kier molecular flexibility index (Phi) is 4.67. The summed E-state index contributed by atoms with van der Waals surface area (Å²) >= 11 is 9.26. The Bertz CT molecular complexity index is 1040. The van der Waals surface area contributed by atoms with Crippen LogP contribution in [0.1, 0.15) is 28.8 Å². The highest BCUT2D eigenvalue weighted by molar-refractivity contribution is 7.98. The zero-order chi connectivity index (χ0) is 17.4. The molecular weight excluding hydrogens is 374 g/mol. The van der Waals surface area contributed by atoms with Crippen LogP contribution in [0.25, 0.3) is 10.2 Å². The maximum absolute atomic E-state index is 13.1. The van der Waals surface area contributed by atoms with Crippen LogP contribution >= 0.6 is 34.7 Å². The van der Waals surface area contributed by atoms with Gasteiger partial charge in [0.2, 0.25) is 0 Å². The van der Waals surface area contributed by atoms with E-state index in [1.807, 2.05) is 24.5 Å². The molecule has 0 fully saturated rings. The number of halogens is 1. The first-order valence-electron chi connectivity index (χ1n) is 8.09. The van der Waals surface area contributed by atoms with Gasteiger partial charge in [0.1, 0.15) is 4.83 Å². The van der Waals surface area contributed by atoms with Gasteiger partial charge in [0.05, 0.1) is 11.6 Å². The summed E-state index contributed by atoms with van der Waals surface area (Å²) < 4.78 is 1.40. The number of benzene rings is 1. The van der Waals surface area contributed by atoms with E-state index in [9.17, 15) is 4.79 Å². The van der Waals surface area contributed by atoms with E-state index >= 15 is 0 Å². The van der Waals surface area contributed by atoms with E-state index in [-0.39, 0.29) is 5.56 Å². The average molecular weight is 390 g/mol. The number of thioether (sulfide) groups is 1. The lowest BCUT2D eigenvalue weighted by atomic mass is 9.97. The number of hydrogen-bond donors (Lipinski definition) is 0. The SMILES string of the molecule is CSc1nc2sc3c(c2c(=O)n1/N=C/c1ccccc1Cl)CCCC3. The highest BCUT2D eigenvalue weighted by Crippen LogP contribution is 2.34. The summed E-state index contributed by atoms with van der Waals surface area (Å²) in [5.74, 6) is 0. The fourth-order valence-electron chi connectivity index (χ4n) is 3.11. The van der Waals surface area contributed by atoms with Gasteiger partial charge in [0.25, 0.3) is 5.56 Å². The maximum atomic E-state index is 13.1. The Morgan fingerprint density at radius 2 is 2.12 bits per heavy atom. The number of thiophene rings is 1. The van der Waals surface area contributed by atoms with Crippen molar-refractivity contribution in [3.8, 4) is 0 Å². The van der Waals surface area contributed by atoms with Crippen molar-refractivity contribution in [2.75, 3.05) is 6.26 Å². The molecule has 0 bridgehead atoms. The van der Waals surface area contributed by atoms with Gasteiger partial charge < -0.3 is 0 Å². The molecule has 1 aliphatic carbocycles. The van der Waals surface area contributed by atoms with Crippen molar-refractivity contribution in [1.82, 2.24) is 9.66 Å². The Morgan fingerprint density at radius 1 is 1.32 bits per heavy atom. The second-order valence-electron chi connectivity index (χ2n) is 5.87. The summed E-state index contributed by atoms with van der Waals surface area (Å²) in [6.07, 6.45) is 7.85. The minimum absolute atomic E-state index is 0.0861. The quantitative estimate of drug-likeness (QED) is 0.374. The molecule has 0 N–H and O–H groups in total. The molecule has 1 aromatic carbocycles. The monoisotopic (exact) mass is 389 g/mol. The van der Waals surface area contributed by atoms with Crippen molar-refractivity contribution in [3.63, 3.8) is 0 Å². The molecule has 0 unspecified atom stereocenters. The van der Waals surface area contributed by atoms with Gasteiger partial charge in [-0.3, -0.25) is 4.79 Å². The second kappa shape index (κ2) is 6.94. The molecule has 1 aliphatic rings. The second-order valence-corrected chi connectivity index (χ2v) is 8.14. The summed E-state index contributed by atoms with van der Waals surface area (Å²) in [7, 11) is 0. The van der Waals surface area contributed by atoms with Crippen molar-refractivity contribution in [3.05, 3.63) is 55.6 Å². The summed E-state index contributed by atoms with van der Waals surface area (Å²) in [6.45, 7) is 0. The van der Waals surface area contributed by atoms with Crippen LogP contribution in [-0.2, 0) is 12.8 Å². The lowest BCUT2D eigenvalue weighted by Crippen LogP contribution is -2.20. The van der Waals surface area contributed by atoms with Crippen LogP contribution in [0.2, 0.25) is 5.02 Å². The van der Waals surface area contributed by atoms with E-state index in [0.29, 0.717) is 10.2 Å². The average Bonchev–Trinajstić information content (AvgIpc) is 3.00. The number of fused-ring (bicyclic) bond motifs is 3. The molecule has 0 atom stereocenters. The minimum Gasteiger partial charge on any atom is -0.267 e. The van der Waals surface area contributed by atoms with E-state index < -0.39 is 0 Å². The smallest absolute Gasteiger partial charge is 0.267 e. The van der Waals surface area contributed by atoms with Gasteiger partial charge >= 0.3 is 0 Å². The predicted octanol–water partition coefficient (Wildman–Crippen LogP) is 4.59. The van der Waals surface area contributed by atoms with Crippen LogP contribution in [0.4, 0.5) is 0 Å². The van der Waals surface area contributed by atoms with E-state index in [0.717, 1.165) is 35.0 Å². The van der Waals surface area contributed by atoms with Gasteiger partial charge in [0, 0.05) is 15.5 Å². The summed E-state index contributed by atoms with van der Waals surface area (Å²) in [5.41, 5.74) is 1.87.